The second kappa shape index (κ2) is 10.8. The van der Waals surface area contributed by atoms with Gasteiger partial charge in [-0.05, 0) is 13.5 Å². The molecule has 0 radical (unpaired) electrons. The SMILES string of the molecule is CCCCCCCCCC(=O)CC(=O)N1CCN(C)CC1. The molecule has 0 unspecified atom stereocenters. The molecule has 1 rings (SSSR count). The average molecular weight is 296 g/mol. The Morgan fingerprint density at radius 3 is 2.05 bits per heavy atom. The van der Waals surface area contributed by atoms with Crippen LogP contribution in [0.2, 0.25) is 0 Å². The number of piperazine rings is 1. The van der Waals surface area contributed by atoms with Gasteiger partial charge in [-0.25, -0.2) is 0 Å². The van der Waals surface area contributed by atoms with Crippen molar-refractivity contribution in [1.29, 1.82) is 0 Å². The zero-order valence-electron chi connectivity index (χ0n) is 13.9. The molecule has 4 heteroatoms. The molecule has 0 saturated carbocycles. The number of nitrogens with zero attached hydrogens (tertiary/aromatic N) is 2. The number of likely N-dealkylation sites (N-methyl/N-ethyl adjacent to an activating group) is 1. The number of hydrogen-bond donors (Lipinski definition) is 0. The maximum absolute atomic E-state index is 12.0. The summed E-state index contributed by atoms with van der Waals surface area (Å²) < 4.78 is 0. The third kappa shape index (κ3) is 8.20. The van der Waals surface area contributed by atoms with Crippen LogP contribution in [0.1, 0.15) is 64.7 Å². The van der Waals surface area contributed by atoms with Gasteiger partial charge in [0, 0.05) is 32.6 Å². The normalized spacial score (nSPS) is 16.2. The van der Waals surface area contributed by atoms with Gasteiger partial charge < -0.3 is 9.80 Å². The van der Waals surface area contributed by atoms with Crippen LogP contribution in [0.25, 0.3) is 0 Å². The van der Waals surface area contributed by atoms with Crippen LogP contribution in [-0.2, 0) is 9.59 Å². The van der Waals surface area contributed by atoms with Crippen molar-refractivity contribution >= 4 is 11.7 Å². The van der Waals surface area contributed by atoms with Gasteiger partial charge >= 0.3 is 0 Å². The Bertz CT molecular complexity index is 310. The molecular weight excluding hydrogens is 264 g/mol. The van der Waals surface area contributed by atoms with E-state index in [2.05, 4.69) is 18.9 Å². The quantitative estimate of drug-likeness (QED) is 0.460. The molecular formula is C17H32N2O2. The molecule has 0 atom stereocenters. The van der Waals surface area contributed by atoms with Gasteiger partial charge in [0.05, 0.1) is 6.42 Å². The fourth-order valence-corrected chi connectivity index (χ4v) is 2.70. The number of unbranched alkanes of at least 4 members (excludes halogenated alkanes) is 6. The zero-order valence-corrected chi connectivity index (χ0v) is 13.9. The van der Waals surface area contributed by atoms with Gasteiger partial charge in [-0.2, -0.15) is 0 Å². The van der Waals surface area contributed by atoms with Crippen molar-refractivity contribution in [3.63, 3.8) is 0 Å². The molecule has 1 aliphatic heterocycles. The van der Waals surface area contributed by atoms with Crippen molar-refractivity contribution in [2.75, 3.05) is 33.2 Å². The van der Waals surface area contributed by atoms with E-state index >= 15 is 0 Å². The summed E-state index contributed by atoms with van der Waals surface area (Å²) in [7, 11) is 2.06. The molecule has 1 saturated heterocycles. The minimum atomic E-state index is 0.0241. The summed E-state index contributed by atoms with van der Waals surface area (Å²) in [4.78, 5) is 27.9. The van der Waals surface area contributed by atoms with E-state index in [1.54, 1.807) is 0 Å². The highest BCUT2D eigenvalue weighted by molar-refractivity contribution is 5.98. The molecule has 0 aliphatic carbocycles. The van der Waals surface area contributed by atoms with Crippen LogP contribution < -0.4 is 0 Å². The van der Waals surface area contributed by atoms with Gasteiger partial charge in [0.2, 0.25) is 5.91 Å². The lowest BCUT2D eigenvalue weighted by atomic mass is 10.1. The highest BCUT2D eigenvalue weighted by Gasteiger charge is 2.20. The Labute approximate surface area is 129 Å². The van der Waals surface area contributed by atoms with E-state index in [0.29, 0.717) is 6.42 Å². The predicted molar refractivity (Wildman–Crippen MR) is 86.3 cm³/mol. The van der Waals surface area contributed by atoms with Crippen molar-refractivity contribution in [3.8, 4) is 0 Å². The molecule has 0 N–H and O–H groups in total. The van der Waals surface area contributed by atoms with Crippen LogP contribution in [0.5, 0.6) is 0 Å². The molecule has 0 aromatic carbocycles. The molecule has 0 spiro atoms. The molecule has 0 aromatic heterocycles. The molecule has 122 valence electrons. The van der Waals surface area contributed by atoms with Gasteiger partial charge in [-0.1, -0.05) is 45.4 Å². The van der Waals surface area contributed by atoms with E-state index in [4.69, 9.17) is 0 Å². The van der Waals surface area contributed by atoms with Gasteiger partial charge in [-0.15, -0.1) is 0 Å². The summed E-state index contributed by atoms with van der Waals surface area (Å²) in [5, 5.41) is 0. The monoisotopic (exact) mass is 296 g/mol. The fourth-order valence-electron chi connectivity index (χ4n) is 2.70. The largest absolute Gasteiger partial charge is 0.340 e. The Morgan fingerprint density at radius 2 is 1.43 bits per heavy atom. The first-order valence-corrected chi connectivity index (χ1v) is 8.61. The third-order valence-electron chi connectivity index (χ3n) is 4.26. The number of rotatable bonds is 10. The average Bonchev–Trinajstić information content (AvgIpc) is 2.47. The van der Waals surface area contributed by atoms with Crippen LogP contribution in [0.3, 0.4) is 0 Å². The summed E-state index contributed by atoms with van der Waals surface area (Å²) in [6, 6.07) is 0. The Balaban J connectivity index is 2.03. The maximum Gasteiger partial charge on any atom is 0.230 e. The Hall–Kier alpha value is -0.900. The van der Waals surface area contributed by atoms with E-state index in [1.165, 1.54) is 32.1 Å². The molecule has 1 heterocycles. The molecule has 1 amide bonds. The smallest absolute Gasteiger partial charge is 0.230 e. The second-order valence-electron chi connectivity index (χ2n) is 6.27. The number of hydrogen-bond acceptors (Lipinski definition) is 3. The Morgan fingerprint density at radius 1 is 0.857 bits per heavy atom. The lowest BCUT2D eigenvalue weighted by Gasteiger charge is -2.32. The number of Topliss-reactive ketones (excluding diaryl/α,β-unsaturated/α-hetero) is 1. The van der Waals surface area contributed by atoms with Crippen LogP contribution in [0, 0.1) is 0 Å². The number of amides is 1. The summed E-state index contributed by atoms with van der Waals surface area (Å²) in [6.45, 7) is 5.57. The van der Waals surface area contributed by atoms with Crippen molar-refractivity contribution in [2.45, 2.75) is 64.7 Å². The zero-order chi connectivity index (χ0) is 15.5. The van der Waals surface area contributed by atoms with E-state index in [1.807, 2.05) is 4.90 Å². The van der Waals surface area contributed by atoms with Crippen LogP contribution in [0.15, 0.2) is 0 Å². The third-order valence-corrected chi connectivity index (χ3v) is 4.26. The first kappa shape index (κ1) is 18.1. The van der Waals surface area contributed by atoms with Gasteiger partial charge in [0.15, 0.2) is 0 Å². The fraction of sp³-hybridized carbons (Fsp3) is 0.882. The first-order chi connectivity index (χ1) is 10.1. The summed E-state index contributed by atoms with van der Waals surface area (Å²) in [6.07, 6.45) is 9.16. The lowest BCUT2D eigenvalue weighted by Crippen LogP contribution is -2.47. The first-order valence-electron chi connectivity index (χ1n) is 8.61. The molecule has 21 heavy (non-hydrogen) atoms. The van der Waals surface area contributed by atoms with Crippen molar-refractivity contribution in [1.82, 2.24) is 9.80 Å². The lowest BCUT2D eigenvalue weighted by molar-refractivity contribution is -0.136. The van der Waals surface area contributed by atoms with E-state index < -0.39 is 0 Å². The van der Waals surface area contributed by atoms with Crippen LogP contribution >= 0.6 is 0 Å². The number of ketones is 1. The minimum absolute atomic E-state index is 0.0241. The van der Waals surface area contributed by atoms with Gasteiger partial charge in [0.25, 0.3) is 0 Å². The van der Waals surface area contributed by atoms with E-state index in [0.717, 1.165) is 39.0 Å². The highest BCUT2D eigenvalue weighted by atomic mass is 16.2. The summed E-state index contributed by atoms with van der Waals surface area (Å²) >= 11 is 0. The second-order valence-corrected chi connectivity index (χ2v) is 6.27. The van der Waals surface area contributed by atoms with Crippen molar-refractivity contribution in [3.05, 3.63) is 0 Å². The Kier molecular flexibility index (Phi) is 9.31. The van der Waals surface area contributed by atoms with E-state index in [9.17, 15) is 9.59 Å². The van der Waals surface area contributed by atoms with Crippen LogP contribution in [0.4, 0.5) is 0 Å². The predicted octanol–water partition coefficient (Wildman–Crippen LogP) is 2.86. The van der Waals surface area contributed by atoms with Gasteiger partial charge in [-0.3, -0.25) is 9.59 Å². The molecule has 4 nitrogen and oxygen atoms in total. The number of carbonyl (C=O) groups is 2. The highest BCUT2D eigenvalue weighted by Crippen LogP contribution is 2.10. The van der Waals surface area contributed by atoms with E-state index in [-0.39, 0.29) is 18.1 Å². The topological polar surface area (TPSA) is 40.6 Å². The maximum atomic E-state index is 12.0. The molecule has 1 fully saturated rings. The van der Waals surface area contributed by atoms with Crippen molar-refractivity contribution in [2.24, 2.45) is 0 Å². The van der Waals surface area contributed by atoms with Crippen molar-refractivity contribution < 1.29 is 9.59 Å². The van der Waals surface area contributed by atoms with Gasteiger partial charge in [0.1, 0.15) is 5.78 Å². The minimum Gasteiger partial charge on any atom is -0.340 e. The number of carbonyl (C=O) groups excluding carboxylic acids is 2. The molecule has 0 aromatic rings. The standard InChI is InChI=1S/C17H32N2O2/c1-3-4-5-6-7-8-9-10-16(20)15-17(21)19-13-11-18(2)12-14-19/h3-15H2,1-2H3. The molecule has 1 aliphatic rings. The summed E-state index contributed by atoms with van der Waals surface area (Å²) in [5.74, 6) is 0.142. The summed E-state index contributed by atoms with van der Waals surface area (Å²) in [5.41, 5.74) is 0. The van der Waals surface area contributed by atoms with Crippen LogP contribution in [-0.4, -0.2) is 54.7 Å². The molecule has 0 bridgehead atoms.